The molecule has 11 heteroatoms. The monoisotopic (exact) mass is 374 g/mol. The van der Waals surface area contributed by atoms with Gasteiger partial charge in [0.2, 0.25) is 0 Å². The quantitative estimate of drug-likeness (QED) is 0.281. The number of hydrogen-bond acceptors (Lipinski definition) is 8. The van der Waals surface area contributed by atoms with Crippen molar-refractivity contribution in [2.24, 2.45) is 0 Å². The van der Waals surface area contributed by atoms with Crippen molar-refractivity contribution < 1.29 is 36.3 Å². The fourth-order valence-corrected chi connectivity index (χ4v) is 4.50. The summed E-state index contributed by atoms with van der Waals surface area (Å²) >= 11 is 5.87. The Morgan fingerprint density at radius 1 is 1.27 bits per heavy atom. The lowest BCUT2D eigenvalue weighted by molar-refractivity contribution is -0.255. The zero-order chi connectivity index (χ0) is 16.8. The molecule has 0 aliphatic rings. The molecule has 1 unspecified atom stereocenters. The first kappa shape index (κ1) is 19.5. The van der Waals surface area contributed by atoms with Crippen molar-refractivity contribution in [3.05, 3.63) is 28.8 Å². The molecule has 1 atom stereocenters. The van der Waals surface area contributed by atoms with E-state index in [0.717, 1.165) is 7.11 Å². The Balaban J connectivity index is 2.94. The van der Waals surface area contributed by atoms with Crippen LogP contribution in [0.1, 0.15) is 12.5 Å². The summed E-state index contributed by atoms with van der Waals surface area (Å²) in [5, 5.41) is -0.0202. The molecule has 0 fully saturated rings. The van der Waals surface area contributed by atoms with Gasteiger partial charge >= 0.3 is 7.60 Å². The molecule has 22 heavy (non-hydrogen) atoms. The molecule has 0 amide bonds. The third-order valence-electron chi connectivity index (χ3n) is 2.25. The van der Waals surface area contributed by atoms with Crippen LogP contribution < -0.4 is 0 Å². The number of halogens is 1. The zero-order valence-corrected chi connectivity index (χ0v) is 14.6. The maximum atomic E-state index is 12.2. The van der Waals surface area contributed by atoms with E-state index in [2.05, 4.69) is 19.1 Å². The lowest BCUT2D eigenvalue weighted by Gasteiger charge is -2.15. The molecule has 0 aliphatic heterocycles. The van der Waals surface area contributed by atoms with Gasteiger partial charge < -0.3 is 0 Å². The third kappa shape index (κ3) is 5.29. The predicted molar refractivity (Wildman–Crippen MR) is 77.7 cm³/mol. The average Bonchev–Trinajstić information content (AvgIpc) is 2.43. The van der Waals surface area contributed by atoms with E-state index in [-0.39, 0.29) is 16.5 Å². The second kappa shape index (κ2) is 8.37. The van der Waals surface area contributed by atoms with Crippen LogP contribution in [0.15, 0.2) is 23.1 Å². The largest absolute Gasteiger partial charge is 0.411 e. The summed E-state index contributed by atoms with van der Waals surface area (Å²) in [7, 11) is -7.27. The summed E-state index contributed by atoms with van der Waals surface area (Å²) in [6.07, 6.45) is -0.937. The number of hydrogen-bond donors (Lipinski definition) is 0. The molecule has 0 aromatic heterocycles. The highest BCUT2D eigenvalue weighted by atomic mass is 35.5. The van der Waals surface area contributed by atoms with Crippen LogP contribution in [0.5, 0.6) is 0 Å². The molecule has 0 bridgehead atoms. The van der Waals surface area contributed by atoms with Crippen molar-refractivity contribution in [2.45, 2.75) is 18.7 Å². The van der Waals surface area contributed by atoms with E-state index in [9.17, 15) is 13.0 Å². The fourth-order valence-electron chi connectivity index (χ4n) is 1.43. The average molecular weight is 375 g/mol. The van der Waals surface area contributed by atoms with E-state index in [0.29, 0.717) is 5.56 Å². The maximum Gasteiger partial charge on any atom is 0.411 e. The lowest BCUT2D eigenvalue weighted by atomic mass is 10.2. The Hall–Kier alpha value is -0.510. The predicted octanol–water partition coefficient (Wildman–Crippen LogP) is 3.05. The standard InChI is InChI=1S/C11H16ClO8PS/c1-4-17-20-21(13,19-16-3)8-18-22(14,15)11-9(2)6-5-7-10(11)12/h5-7H,4,8H2,1-3H3. The van der Waals surface area contributed by atoms with Crippen LogP contribution in [0.3, 0.4) is 0 Å². The molecule has 0 saturated carbocycles. The first-order chi connectivity index (χ1) is 10.3. The van der Waals surface area contributed by atoms with Crippen LogP contribution >= 0.6 is 19.2 Å². The van der Waals surface area contributed by atoms with E-state index < -0.39 is 24.1 Å². The van der Waals surface area contributed by atoms with Crippen LogP contribution in [-0.2, 0) is 38.0 Å². The smallest absolute Gasteiger partial charge is 0.253 e. The van der Waals surface area contributed by atoms with E-state index in [1.165, 1.54) is 6.07 Å². The van der Waals surface area contributed by atoms with Crippen LogP contribution in [0, 0.1) is 6.92 Å². The maximum absolute atomic E-state index is 12.2. The lowest BCUT2D eigenvalue weighted by Crippen LogP contribution is -2.12. The Morgan fingerprint density at radius 2 is 1.95 bits per heavy atom. The summed E-state index contributed by atoms with van der Waals surface area (Å²) in [5.74, 6) is 0. The zero-order valence-electron chi connectivity index (χ0n) is 12.1. The third-order valence-corrected chi connectivity index (χ3v) is 5.48. The van der Waals surface area contributed by atoms with Gasteiger partial charge in [-0.15, -0.1) is 9.35 Å². The van der Waals surface area contributed by atoms with E-state index in [4.69, 9.17) is 15.8 Å². The summed E-state index contributed by atoms with van der Waals surface area (Å²) in [6.45, 7) is 3.18. The molecule has 0 radical (unpaired) electrons. The summed E-state index contributed by atoms with van der Waals surface area (Å²) in [6, 6.07) is 4.53. The topological polar surface area (TPSA) is 97.4 Å². The van der Waals surface area contributed by atoms with Gasteiger partial charge in [-0.1, -0.05) is 23.7 Å². The van der Waals surface area contributed by atoms with Crippen LogP contribution in [-0.4, -0.2) is 28.5 Å². The molecule has 0 saturated heterocycles. The van der Waals surface area contributed by atoms with Gasteiger partial charge in [0.15, 0.2) is 6.35 Å². The Labute approximate surface area is 133 Å². The molecular weight excluding hydrogens is 359 g/mol. The first-order valence-electron chi connectivity index (χ1n) is 6.03. The Morgan fingerprint density at radius 3 is 2.50 bits per heavy atom. The van der Waals surface area contributed by atoms with Crippen molar-refractivity contribution in [3.8, 4) is 0 Å². The molecule has 1 aromatic rings. The summed E-state index contributed by atoms with van der Waals surface area (Å²) in [5.41, 5.74) is 0.376. The second-order valence-corrected chi connectivity index (χ2v) is 7.66. The van der Waals surface area contributed by atoms with Crippen molar-refractivity contribution >= 4 is 29.3 Å². The van der Waals surface area contributed by atoms with Gasteiger partial charge in [-0.2, -0.15) is 8.42 Å². The minimum Gasteiger partial charge on any atom is -0.253 e. The van der Waals surface area contributed by atoms with Gasteiger partial charge in [0.05, 0.1) is 18.7 Å². The van der Waals surface area contributed by atoms with Crippen LogP contribution in [0.25, 0.3) is 0 Å². The highest BCUT2D eigenvalue weighted by Crippen LogP contribution is 2.49. The molecular formula is C11H16ClO8PS. The van der Waals surface area contributed by atoms with Crippen molar-refractivity contribution in [3.63, 3.8) is 0 Å². The van der Waals surface area contributed by atoms with Gasteiger partial charge in [-0.25, -0.2) is 9.78 Å². The van der Waals surface area contributed by atoms with Gasteiger partial charge in [0.1, 0.15) is 4.90 Å². The molecule has 0 N–H and O–H groups in total. The second-order valence-electron chi connectivity index (χ2n) is 3.92. The van der Waals surface area contributed by atoms with E-state index in [1.54, 1.807) is 26.0 Å². The Kier molecular flexibility index (Phi) is 7.43. The molecule has 8 nitrogen and oxygen atoms in total. The van der Waals surface area contributed by atoms with E-state index >= 15 is 0 Å². The van der Waals surface area contributed by atoms with Gasteiger partial charge in [0, 0.05) is 0 Å². The van der Waals surface area contributed by atoms with E-state index in [1.807, 2.05) is 0 Å². The van der Waals surface area contributed by atoms with Crippen LogP contribution in [0.4, 0.5) is 0 Å². The minimum absolute atomic E-state index is 0.0202. The van der Waals surface area contributed by atoms with Crippen molar-refractivity contribution in [1.82, 2.24) is 0 Å². The molecule has 126 valence electrons. The van der Waals surface area contributed by atoms with Gasteiger partial charge in [0.25, 0.3) is 10.1 Å². The van der Waals surface area contributed by atoms with Crippen molar-refractivity contribution in [1.29, 1.82) is 0 Å². The van der Waals surface area contributed by atoms with Gasteiger partial charge in [-0.05, 0) is 25.5 Å². The Bertz CT molecular complexity index is 627. The number of rotatable bonds is 9. The number of benzene rings is 1. The minimum atomic E-state index is -4.27. The first-order valence-corrected chi connectivity index (χ1v) is 9.54. The molecule has 0 aliphatic carbocycles. The summed E-state index contributed by atoms with van der Waals surface area (Å²) in [4.78, 5) is 8.53. The molecule has 1 aromatic carbocycles. The normalized spacial score (nSPS) is 14.7. The fraction of sp³-hybridized carbons (Fsp3) is 0.455. The van der Waals surface area contributed by atoms with Crippen molar-refractivity contribution in [2.75, 3.05) is 20.1 Å². The SMILES string of the molecule is CCOOP(=O)(COS(=O)(=O)c1c(C)cccc1Cl)OOC. The number of aryl methyl sites for hydroxylation is 1. The van der Waals surface area contributed by atoms with Gasteiger partial charge in [-0.3, -0.25) is 8.75 Å². The molecule has 1 rings (SSSR count). The van der Waals surface area contributed by atoms with Crippen LogP contribution in [0.2, 0.25) is 5.02 Å². The molecule has 0 heterocycles. The highest BCUT2D eigenvalue weighted by Gasteiger charge is 2.33. The summed E-state index contributed by atoms with van der Waals surface area (Å²) < 4.78 is 50.1. The molecule has 0 spiro atoms. The highest BCUT2D eigenvalue weighted by molar-refractivity contribution is 7.87.